The van der Waals surface area contributed by atoms with Crippen molar-refractivity contribution in [3.8, 4) is 0 Å². The SMILES string of the molecule is CCCCCCCC(CCCC)CC1(CN2CCN(C3CN(CCCCCC)C3)CC2)CC1. The zero-order chi connectivity index (χ0) is 23.4. The fourth-order valence-corrected chi connectivity index (χ4v) is 6.57. The van der Waals surface area contributed by atoms with Gasteiger partial charge < -0.3 is 9.80 Å². The van der Waals surface area contributed by atoms with E-state index in [1.165, 1.54) is 155 Å². The van der Waals surface area contributed by atoms with Crippen LogP contribution in [0.15, 0.2) is 0 Å². The molecule has 1 unspecified atom stereocenters. The fraction of sp³-hybridized carbons (Fsp3) is 1.00. The average molecular weight is 462 g/mol. The third kappa shape index (κ3) is 9.80. The predicted octanol–water partition coefficient (Wildman–Crippen LogP) is 7.21. The molecule has 0 bridgehead atoms. The number of unbranched alkanes of at least 4 members (excludes halogenated alkanes) is 8. The summed E-state index contributed by atoms with van der Waals surface area (Å²) in [6, 6.07) is 0.861. The Labute approximate surface area is 208 Å². The lowest BCUT2D eigenvalue weighted by Crippen LogP contribution is -2.63. The highest BCUT2D eigenvalue weighted by molar-refractivity contribution is 4.98. The first-order chi connectivity index (χ1) is 16.2. The van der Waals surface area contributed by atoms with Crippen LogP contribution >= 0.6 is 0 Å². The standard InChI is InChI=1S/C30H59N3/c1-4-7-10-12-13-16-28(15-9-6-3)24-30(17-18-30)27-31-20-22-33(23-21-31)29-25-32(26-29)19-14-11-8-5-2/h28-29H,4-27H2,1-3H3. The number of hydrogen-bond donors (Lipinski definition) is 0. The van der Waals surface area contributed by atoms with Gasteiger partial charge in [0.15, 0.2) is 0 Å². The highest BCUT2D eigenvalue weighted by Gasteiger charge is 2.45. The molecule has 1 aliphatic carbocycles. The molecule has 2 heterocycles. The molecule has 3 fully saturated rings. The largest absolute Gasteiger partial charge is 0.300 e. The Morgan fingerprint density at radius 2 is 1.27 bits per heavy atom. The highest BCUT2D eigenvalue weighted by Crippen LogP contribution is 2.52. The predicted molar refractivity (Wildman–Crippen MR) is 145 cm³/mol. The third-order valence-electron chi connectivity index (χ3n) is 9.11. The Kier molecular flexibility index (Phi) is 12.6. The molecule has 0 aromatic heterocycles. The second-order valence-corrected chi connectivity index (χ2v) is 12.2. The molecular formula is C30H59N3. The zero-order valence-electron chi connectivity index (χ0n) is 23.0. The van der Waals surface area contributed by atoms with E-state index in [1.54, 1.807) is 0 Å². The topological polar surface area (TPSA) is 9.72 Å². The van der Waals surface area contributed by atoms with Gasteiger partial charge in [0.1, 0.15) is 0 Å². The first-order valence-corrected chi connectivity index (χ1v) is 15.4. The molecule has 0 radical (unpaired) electrons. The summed E-state index contributed by atoms with van der Waals surface area (Å²) in [6.45, 7) is 17.7. The first kappa shape index (κ1) is 27.5. The van der Waals surface area contributed by atoms with Gasteiger partial charge in [0, 0.05) is 51.9 Å². The van der Waals surface area contributed by atoms with Crippen molar-refractivity contribution in [1.29, 1.82) is 0 Å². The minimum absolute atomic E-state index is 0.704. The monoisotopic (exact) mass is 461 g/mol. The quantitative estimate of drug-likeness (QED) is 0.188. The molecule has 3 aliphatic rings. The summed E-state index contributed by atoms with van der Waals surface area (Å²) in [5, 5.41) is 0. The van der Waals surface area contributed by atoms with Gasteiger partial charge in [-0.05, 0) is 43.6 Å². The van der Waals surface area contributed by atoms with Crippen molar-refractivity contribution in [3.05, 3.63) is 0 Å². The van der Waals surface area contributed by atoms with E-state index in [0.29, 0.717) is 5.41 Å². The molecule has 0 spiro atoms. The molecule has 3 rings (SSSR count). The lowest BCUT2D eigenvalue weighted by molar-refractivity contribution is 0.000182. The molecule has 2 saturated heterocycles. The summed E-state index contributed by atoms with van der Waals surface area (Å²) in [7, 11) is 0. The lowest BCUT2D eigenvalue weighted by Gasteiger charge is -2.48. The van der Waals surface area contributed by atoms with Crippen LogP contribution in [0.2, 0.25) is 0 Å². The fourth-order valence-electron chi connectivity index (χ4n) is 6.57. The van der Waals surface area contributed by atoms with Crippen LogP contribution in [0.1, 0.15) is 124 Å². The van der Waals surface area contributed by atoms with Crippen molar-refractivity contribution in [2.45, 2.75) is 130 Å². The molecule has 194 valence electrons. The van der Waals surface area contributed by atoms with Crippen molar-refractivity contribution in [3.63, 3.8) is 0 Å². The van der Waals surface area contributed by atoms with Crippen LogP contribution in [0.3, 0.4) is 0 Å². The molecule has 1 saturated carbocycles. The molecular weight excluding hydrogens is 402 g/mol. The molecule has 0 N–H and O–H groups in total. The second-order valence-electron chi connectivity index (χ2n) is 12.2. The summed E-state index contributed by atoms with van der Waals surface area (Å²) in [6.07, 6.45) is 23.2. The Hall–Kier alpha value is -0.120. The van der Waals surface area contributed by atoms with Crippen molar-refractivity contribution >= 4 is 0 Å². The van der Waals surface area contributed by atoms with Crippen LogP contribution in [-0.4, -0.2) is 73.1 Å². The average Bonchev–Trinajstić information content (AvgIpc) is 3.55. The molecule has 3 nitrogen and oxygen atoms in total. The normalized spacial score (nSPS) is 23.0. The van der Waals surface area contributed by atoms with Gasteiger partial charge in [0.05, 0.1) is 0 Å². The maximum absolute atomic E-state index is 2.85. The van der Waals surface area contributed by atoms with E-state index in [1.807, 2.05) is 0 Å². The maximum atomic E-state index is 2.85. The van der Waals surface area contributed by atoms with Gasteiger partial charge in [-0.3, -0.25) is 4.90 Å². The molecule has 0 aromatic carbocycles. The molecule has 3 heteroatoms. The highest BCUT2D eigenvalue weighted by atomic mass is 15.3. The Morgan fingerprint density at radius 3 is 1.91 bits per heavy atom. The number of piperazine rings is 1. The number of hydrogen-bond acceptors (Lipinski definition) is 3. The molecule has 0 amide bonds. The summed E-state index contributed by atoms with van der Waals surface area (Å²) in [5.74, 6) is 1.01. The summed E-state index contributed by atoms with van der Waals surface area (Å²) in [4.78, 5) is 8.37. The number of nitrogens with zero attached hydrogens (tertiary/aromatic N) is 3. The van der Waals surface area contributed by atoms with E-state index in [2.05, 4.69) is 35.5 Å². The number of likely N-dealkylation sites (tertiary alicyclic amines) is 1. The van der Waals surface area contributed by atoms with Gasteiger partial charge in [0.2, 0.25) is 0 Å². The Balaban J connectivity index is 1.31. The maximum Gasteiger partial charge on any atom is 0.0351 e. The zero-order valence-corrected chi connectivity index (χ0v) is 23.0. The van der Waals surface area contributed by atoms with Gasteiger partial charge in [-0.25, -0.2) is 0 Å². The Bertz CT molecular complexity index is 489. The number of rotatable bonds is 19. The van der Waals surface area contributed by atoms with Crippen molar-refractivity contribution < 1.29 is 0 Å². The van der Waals surface area contributed by atoms with Crippen molar-refractivity contribution in [2.24, 2.45) is 11.3 Å². The van der Waals surface area contributed by atoms with E-state index in [0.717, 1.165) is 12.0 Å². The minimum atomic E-state index is 0.704. The lowest BCUT2D eigenvalue weighted by atomic mass is 9.84. The van der Waals surface area contributed by atoms with Crippen LogP contribution in [0.25, 0.3) is 0 Å². The van der Waals surface area contributed by atoms with E-state index in [-0.39, 0.29) is 0 Å². The van der Waals surface area contributed by atoms with Gasteiger partial charge >= 0.3 is 0 Å². The van der Waals surface area contributed by atoms with Crippen LogP contribution in [0.5, 0.6) is 0 Å². The molecule has 1 atom stereocenters. The van der Waals surface area contributed by atoms with Crippen molar-refractivity contribution in [1.82, 2.24) is 14.7 Å². The van der Waals surface area contributed by atoms with Crippen LogP contribution in [0, 0.1) is 11.3 Å². The summed E-state index contributed by atoms with van der Waals surface area (Å²) in [5.41, 5.74) is 0.704. The second kappa shape index (κ2) is 15.1. The van der Waals surface area contributed by atoms with Crippen LogP contribution in [0.4, 0.5) is 0 Å². The molecule has 33 heavy (non-hydrogen) atoms. The van der Waals surface area contributed by atoms with Crippen molar-refractivity contribution in [2.75, 3.05) is 52.4 Å². The van der Waals surface area contributed by atoms with Crippen LogP contribution < -0.4 is 0 Å². The molecule has 0 aromatic rings. The minimum Gasteiger partial charge on any atom is -0.300 e. The summed E-state index contributed by atoms with van der Waals surface area (Å²) < 4.78 is 0. The van der Waals surface area contributed by atoms with E-state index in [4.69, 9.17) is 0 Å². The van der Waals surface area contributed by atoms with Crippen LogP contribution in [-0.2, 0) is 0 Å². The first-order valence-electron chi connectivity index (χ1n) is 15.4. The van der Waals surface area contributed by atoms with Gasteiger partial charge in [0.25, 0.3) is 0 Å². The summed E-state index contributed by atoms with van der Waals surface area (Å²) >= 11 is 0. The van der Waals surface area contributed by atoms with E-state index < -0.39 is 0 Å². The molecule has 2 aliphatic heterocycles. The smallest absolute Gasteiger partial charge is 0.0351 e. The van der Waals surface area contributed by atoms with E-state index >= 15 is 0 Å². The Morgan fingerprint density at radius 1 is 0.667 bits per heavy atom. The third-order valence-corrected chi connectivity index (χ3v) is 9.11. The van der Waals surface area contributed by atoms with Gasteiger partial charge in [-0.2, -0.15) is 0 Å². The van der Waals surface area contributed by atoms with E-state index in [9.17, 15) is 0 Å². The van der Waals surface area contributed by atoms with Gasteiger partial charge in [-0.15, -0.1) is 0 Å². The van der Waals surface area contributed by atoms with Gasteiger partial charge in [-0.1, -0.05) is 97.8 Å².